The molecule has 2 heterocycles. The summed E-state index contributed by atoms with van der Waals surface area (Å²) in [6.07, 6.45) is 0. The molecule has 0 unspecified atom stereocenters. The SMILES string of the molecule is Cn1c(=O)c2ccccc2n2c(COC(=O)COc3ccc(Br)cc3F)nnc12. The van der Waals surface area contributed by atoms with Crippen LogP contribution in [0.15, 0.2) is 51.7 Å². The minimum Gasteiger partial charge on any atom is -0.479 e. The average Bonchev–Trinajstić information content (AvgIpc) is 3.14. The molecule has 0 bridgehead atoms. The van der Waals surface area contributed by atoms with E-state index in [-0.39, 0.29) is 17.9 Å². The number of aryl methyl sites for hydroxylation is 1. The second-order valence-electron chi connectivity index (χ2n) is 6.16. The Bertz CT molecular complexity index is 1300. The van der Waals surface area contributed by atoms with Crippen LogP contribution in [-0.2, 0) is 23.2 Å². The number of ether oxygens (including phenoxy) is 2. The van der Waals surface area contributed by atoms with E-state index in [0.29, 0.717) is 27.0 Å². The van der Waals surface area contributed by atoms with Crippen LogP contribution in [0.5, 0.6) is 5.75 Å². The molecular formula is C19H14BrFN4O4. The van der Waals surface area contributed by atoms with E-state index in [0.717, 1.165) is 0 Å². The predicted octanol–water partition coefficient (Wildman–Crippen LogP) is 2.61. The molecule has 0 fully saturated rings. The average molecular weight is 461 g/mol. The van der Waals surface area contributed by atoms with Crippen LogP contribution in [0.1, 0.15) is 5.82 Å². The van der Waals surface area contributed by atoms with Crippen molar-refractivity contribution in [2.24, 2.45) is 7.05 Å². The Morgan fingerprint density at radius 2 is 2.00 bits per heavy atom. The number of carbonyl (C=O) groups excluding carboxylic acids is 1. The fraction of sp³-hybridized carbons (Fsp3) is 0.158. The van der Waals surface area contributed by atoms with Gasteiger partial charge in [0.15, 0.2) is 30.6 Å². The summed E-state index contributed by atoms with van der Waals surface area (Å²) >= 11 is 3.15. The number of benzene rings is 2. The number of carbonyl (C=O) groups is 1. The highest BCUT2D eigenvalue weighted by Crippen LogP contribution is 2.21. The van der Waals surface area contributed by atoms with Crippen molar-refractivity contribution in [3.8, 4) is 5.75 Å². The molecule has 8 nitrogen and oxygen atoms in total. The molecule has 0 saturated heterocycles. The monoisotopic (exact) mass is 460 g/mol. The Balaban J connectivity index is 1.53. The minimum atomic E-state index is -0.696. The van der Waals surface area contributed by atoms with Gasteiger partial charge in [0.25, 0.3) is 5.56 Å². The Morgan fingerprint density at radius 3 is 2.79 bits per heavy atom. The van der Waals surface area contributed by atoms with Gasteiger partial charge in [-0.1, -0.05) is 28.1 Å². The normalized spacial score (nSPS) is 11.1. The zero-order valence-corrected chi connectivity index (χ0v) is 16.7. The van der Waals surface area contributed by atoms with Crippen molar-refractivity contribution in [1.29, 1.82) is 0 Å². The van der Waals surface area contributed by atoms with Gasteiger partial charge < -0.3 is 9.47 Å². The van der Waals surface area contributed by atoms with Crippen molar-refractivity contribution in [3.63, 3.8) is 0 Å². The summed E-state index contributed by atoms with van der Waals surface area (Å²) in [7, 11) is 1.59. The van der Waals surface area contributed by atoms with Gasteiger partial charge in [0.05, 0.1) is 10.9 Å². The summed E-state index contributed by atoms with van der Waals surface area (Å²) in [5.74, 6) is -0.678. The summed E-state index contributed by atoms with van der Waals surface area (Å²) in [5.41, 5.74) is 0.406. The first-order chi connectivity index (χ1) is 14.0. The van der Waals surface area contributed by atoms with E-state index < -0.39 is 18.4 Å². The van der Waals surface area contributed by atoms with Crippen LogP contribution < -0.4 is 10.3 Å². The Labute approximate surface area is 171 Å². The third kappa shape index (κ3) is 3.58. The van der Waals surface area contributed by atoms with Gasteiger partial charge in [0.2, 0.25) is 5.78 Å². The maximum absolute atomic E-state index is 13.7. The van der Waals surface area contributed by atoms with E-state index in [2.05, 4.69) is 26.1 Å². The van der Waals surface area contributed by atoms with Crippen molar-refractivity contribution in [3.05, 3.63) is 68.9 Å². The molecule has 10 heteroatoms. The first-order valence-electron chi connectivity index (χ1n) is 8.51. The molecule has 0 amide bonds. The molecule has 4 aromatic rings. The lowest BCUT2D eigenvalue weighted by Gasteiger charge is -2.09. The van der Waals surface area contributed by atoms with Crippen molar-refractivity contribution in [1.82, 2.24) is 19.2 Å². The van der Waals surface area contributed by atoms with Crippen LogP contribution in [-0.4, -0.2) is 31.7 Å². The van der Waals surface area contributed by atoms with E-state index >= 15 is 0 Å². The van der Waals surface area contributed by atoms with E-state index in [4.69, 9.17) is 9.47 Å². The summed E-state index contributed by atoms with van der Waals surface area (Å²) in [5, 5.41) is 8.54. The maximum atomic E-state index is 13.7. The zero-order chi connectivity index (χ0) is 20.5. The standard InChI is InChI=1S/C19H14BrFN4O4/c1-24-18(27)12-4-2-3-5-14(12)25-16(22-23-19(24)25)9-29-17(26)10-28-15-7-6-11(20)8-13(15)21/h2-8H,9-10H2,1H3. The summed E-state index contributed by atoms with van der Waals surface area (Å²) in [6.45, 7) is -0.650. The molecule has 0 saturated carbocycles. The van der Waals surface area contributed by atoms with Gasteiger partial charge in [-0.15, -0.1) is 10.2 Å². The van der Waals surface area contributed by atoms with Crippen LogP contribution in [0.25, 0.3) is 16.7 Å². The van der Waals surface area contributed by atoms with Gasteiger partial charge in [-0.3, -0.25) is 13.8 Å². The summed E-state index contributed by atoms with van der Waals surface area (Å²) < 4.78 is 27.7. The first kappa shape index (κ1) is 19.1. The lowest BCUT2D eigenvalue weighted by molar-refractivity contribution is -0.147. The Morgan fingerprint density at radius 1 is 1.21 bits per heavy atom. The number of hydrogen-bond acceptors (Lipinski definition) is 6. The number of aromatic nitrogens is 4. The minimum absolute atomic E-state index is 0.0564. The third-order valence-corrected chi connectivity index (χ3v) is 4.79. The van der Waals surface area contributed by atoms with Crippen LogP contribution in [0.2, 0.25) is 0 Å². The topological polar surface area (TPSA) is 87.7 Å². The zero-order valence-electron chi connectivity index (χ0n) is 15.1. The molecule has 0 atom stereocenters. The van der Waals surface area contributed by atoms with E-state index in [1.54, 1.807) is 41.8 Å². The highest BCUT2D eigenvalue weighted by molar-refractivity contribution is 9.10. The van der Waals surface area contributed by atoms with E-state index in [9.17, 15) is 14.0 Å². The molecule has 148 valence electrons. The van der Waals surface area contributed by atoms with Gasteiger partial charge in [0, 0.05) is 11.5 Å². The van der Waals surface area contributed by atoms with Crippen LogP contribution in [0, 0.1) is 5.82 Å². The van der Waals surface area contributed by atoms with Crippen LogP contribution in [0.4, 0.5) is 4.39 Å². The van der Waals surface area contributed by atoms with Crippen molar-refractivity contribution in [2.45, 2.75) is 6.61 Å². The highest BCUT2D eigenvalue weighted by Gasteiger charge is 2.16. The fourth-order valence-electron chi connectivity index (χ4n) is 2.90. The molecule has 0 radical (unpaired) electrons. The van der Waals surface area contributed by atoms with E-state index in [1.807, 2.05) is 0 Å². The highest BCUT2D eigenvalue weighted by atomic mass is 79.9. The van der Waals surface area contributed by atoms with Crippen LogP contribution >= 0.6 is 15.9 Å². The molecular weight excluding hydrogens is 447 g/mol. The summed E-state index contributed by atoms with van der Waals surface area (Å²) in [6, 6.07) is 11.3. The maximum Gasteiger partial charge on any atom is 0.344 e. The molecule has 4 rings (SSSR count). The number of rotatable bonds is 5. The Kier molecular flexibility index (Phi) is 5.01. The van der Waals surface area contributed by atoms with Crippen LogP contribution in [0.3, 0.4) is 0 Å². The van der Waals surface area contributed by atoms with Crippen molar-refractivity contribution in [2.75, 3.05) is 6.61 Å². The van der Waals surface area contributed by atoms with Gasteiger partial charge in [-0.25, -0.2) is 9.18 Å². The fourth-order valence-corrected chi connectivity index (χ4v) is 3.23. The van der Waals surface area contributed by atoms with Gasteiger partial charge in [0.1, 0.15) is 0 Å². The molecule has 29 heavy (non-hydrogen) atoms. The molecule has 0 aliphatic carbocycles. The second kappa shape index (κ2) is 7.63. The molecule has 0 spiro atoms. The van der Waals surface area contributed by atoms with Gasteiger partial charge >= 0.3 is 5.97 Å². The molecule has 0 N–H and O–H groups in total. The molecule has 2 aromatic heterocycles. The number of halogens is 2. The quantitative estimate of drug-likeness (QED) is 0.425. The van der Waals surface area contributed by atoms with Crippen molar-refractivity contribution < 1.29 is 18.7 Å². The Hall–Kier alpha value is -3.27. The molecule has 0 aliphatic heterocycles. The molecule has 2 aromatic carbocycles. The summed E-state index contributed by atoms with van der Waals surface area (Å²) in [4.78, 5) is 24.5. The number of para-hydroxylation sites is 1. The number of nitrogens with zero attached hydrogens (tertiary/aromatic N) is 4. The van der Waals surface area contributed by atoms with Gasteiger partial charge in [-0.05, 0) is 30.3 Å². The largest absolute Gasteiger partial charge is 0.479 e. The lowest BCUT2D eigenvalue weighted by Crippen LogP contribution is -2.21. The number of hydrogen-bond donors (Lipinski definition) is 0. The molecule has 0 aliphatic rings. The number of esters is 1. The smallest absolute Gasteiger partial charge is 0.344 e. The second-order valence-corrected chi connectivity index (χ2v) is 7.07. The van der Waals surface area contributed by atoms with Gasteiger partial charge in [-0.2, -0.15) is 0 Å². The lowest BCUT2D eigenvalue weighted by atomic mass is 10.2. The third-order valence-electron chi connectivity index (χ3n) is 4.29. The predicted molar refractivity (Wildman–Crippen MR) is 105 cm³/mol. The first-order valence-corrected chi connectivity index (χ1v) is 9.30. The number of fused-ring (bicyclic) bond motifs is 3. The van der Waals surface area contributed by atoms with Crippen molar-refractivity contribution >= 4 is 38.6 Å². The van der Waals surface area contributed by atoms with E-state index in [1.165, 1.54) is 16.7 Å².